The minimum atomic E-state index is 0.0794. The summed E-state index contributed by atoms with van der Waals surface area (Å²) < 4.78 is 11.1. The van der Waals surface area contributed by atoms with Crippen molar-refractivity contribution < 1.29 is 9.47 Å². The van der Waals surface area contributed by atoms with Crippen LogP contribution in [0.5, 0.6) is 11.5 Å². The molecule has 106 valence electrons. The highest BCUT2D eigenvalue weighted by Gasteiger charge is 2.19. The standard InChI is InChI=1S/C14H21ClN2O2/c1-9(2)8-17-12(7-16)10-5-11(15)14-13(6-10)18-3-4-19-14/h5-6,9,12,17H,3-4,7-8,16H2,1-2H3. The number of benzene rings is 1. The molecule has 0 radical (unpaired) electrons. The number of hydrogen-bond donors (Lipinski definition) is 2. The van der Waals surface area contributed by atoms with Gasteiger partial charge in [0, 0.05) is 12.6 Å². The Morgan fingerprint density at radius 1 is 1.32 bits per heavy atom. The summed E-state index contributed by atoms with van der Waals surface area (Å²) in [5.74, 6) is 1.91. The van der Waals surface area contributed by atoms with Gasteiger partial charge in [-0.25, -0.2) is 0 Å². The van der Waals surface area contributed by atoms with E-state index in [2.05, 4.69) is 19.2 Å². The Morgan fingerprint density at radius 3 is 2.74 bits per heavy atom. The lowest BCUT2D eigenvalue weighted by Gasteiger charge is -2.24. The molecule has 0 saturated heterocycles. The van der Waals surface area contributed by atoms with E-state index >= 15 is 0 Å². The Hall–Kier alpha value is -0.970. The first-order chi connectivity index (χ1) is 9.11. The zero-order chi connectivity index (χ0) is 13.8. The summed E-state index contributed by atoms with van der Waals surface area (Å²) in [6.07, 6.45) is 0. The van der Waals surface area contributed by atoms with Crippen LogP contribution in [0.2, 0.25) is 5.02 Å². The highest BCUT2D eigenvalue weighted by molar-refractivity contribution is 6.32. The molecule has 0 saturated carbocycles. The van der Waals surface area contributed by atoms with Crippen LogP contribution in [0.15, 0.2) is 12.1 Å². The van der Waals surface area contributed by atoms with Gasteiger partial charge in [-0.3, -0.25) is 0 Å². The van der Waals surface area contributed by atoms with E-state index in [1.807, 2.05) is 12.1 Å². The minimum Gasteiger partial charge on any atom is -0.486 e. The molecule has 1 atom stereocenters. The molecule has 0 amide bonds. The van der Waals surface area contributed by atoms with Gasteiger partial charge in [-0.1, -0.05) is 25.4 Å². The Morgan fingerprint density at radius 2 is 2.05 bits per heavy atom. The van der Waals surface area contributed by atoms with E-state index in [0.29, 0.717) is 42.2 Å². The zero-order valence-corrected chi connectivity index (χ0v) is 12.2. The van der Waals surface area contributed by atoms with Crippen molar-refractivity contribution in [3.05, 3.63) is 22.7 Å². The Balaban J connectivity index is 2.20. The van der Waals surface area contributed by atoms with Crippen LogP contribution < -0.4 is 20.5 Å². The average Bonchev–Trinajstić information content (AvgIpc) is 2.39. The molecule has 1 aliphatic heterocycles. The fourth-order valence-corrected chi connectivity index (χ4v) is 2.32. The predicted octanol–water partition coefficient (Wildman–Crippen LogP) is 2.36. The maximum Gasteiger partial charge on any atom is 0.179 e. The maximum atomic E-state index is 6.24. The molecule has 1 aliphatic rings. The van der Waals surface area contributed by atoms with Crippen LogP contribution in [0.25, 0.3) is 0 Å². The maximum absolute atomic E-state index is 6.24. The second kappa shape index (κ2) is 6.46. The van der Waals surface area contributed by atoms with Gasteiger partial charge < -0.3 is 20.5 Å². The molecule has 5 heteroatoms. The van der Waals surface area contributed by atoms with Crippen molar-refractivity contribution in [1.29, 1.82) is 0 Å². The molecule has 0 fully saturated rings. The third-order valence-corrected chi connectivity index (χ3v) is 3.31. The lowest BCUT2D eigenvalue weighted by Crippen LogP contribution is -2.31. The van der Waals surface area contributed by atoms with E-state index in [-0.39, 0.29) is 6.04 Å². The van der Waals surface area contributed by atoms with Crippen LogP contribution in [0, 0.1) is 5.92 Å². The second-order valence-electron chi connectivity index (χ2n) is 5.12. The van der Waals surface area contributed by atoms with Crippen LogP contribution in [-0.4, -0.2) is 26.3 Å². The monoisotopic (exact) mass is 284 g/mol. The molecule has 19 heavy (non-hydrogen) atoms. The van der Waals surface area contributed by atoms with Gasteiger partial charge in [0.2, 0.25) is 0 Å². The summed E-state index contributed by atoms with van der Waals surface area (Å²) in [4.78, 5) is 0. The van der Waals surface area contributed by atoms with Gasteiger partial charge in [0.15, 0.2) is 11.5 Å². The number of nitrogens with one attached hydrogen (secondary N) is 1. The number of halogens is 1. The molecule has 1 aromatic rings. The van der Waals surface area contributed by atoms with Crippen LogP contribution in [0.1, 0.15) is 25.5 Å². The lowest BCUT2D eigenvalue weighted by molar-refractivity contribution is 0.171. The first-order valence-electron chi connectivity index (χ1n) is 6.64. The van der Waals surface area contributed by atoms with Gasteiger partial charge in [-0.05, 0) is 30.2 Å². The molecule has 1 heterocycles. The summed E-state index contributed by atoms with van der Waals surface area (Å²) in [6, 6.07) is 3.95. The smallest absolute Gasteiger partial charge is 0.179 e. The topological polar surface area (TPSA) is 56.5 Å². The molecule has 1 aromatic carbocycles. The lowest BCUT2D eigenvalue weighted by atomic mass is 10.0. The van der Waals surface area contributed by atoms with Gasteiger partial charge in [0.1, 0.15) is 13.2 Å². The average molecular weight is 285 g/mol. The first kappa shape index (κ1) is 14.4. The molecule has 0 aromatic heterocycles. The zero-order valence-electron chi connectivity index (χ0n) is 11.4. The van der Waals surface area contributed by atoms with Crippen molar-refractivity contribution in [2.24, 2.45) is 11.7 Å². The summed E-state index contributed by atoms with van der Waals surface area (Å²) in [5, 5.41) is 4.02. The van der Waals surface area contributed by atoms with Crippen molar-refractivity contribution in [2.45, 2.75) is 19.9 Å². The van der Waals surface area contributed by atoms with E-state index in [4.69, 9.17) is 26.8 Å². The molecular formula is C14H21ClN2O2. The Labute approximate surface area is 119 Å². The predicted molar refractivity (Wildman–Crippen MR) is 77.1 cm³/mol. The number of ether oxygens (including phenoxy) is 2. The molecule has 1 unspecified atom stereocenters. The van der Waals surface area contributed by atoms with E-state index < -0.39 is 0 Å². The van der Waals surface area contributed by atoms with E-state index in [0.717, 1.165) is 12.1 Å². The SMILES string of the molecule is CC(C)CNC(CN)c1cc(Cl)c2c(c1)OCCO2. The Bertz CT molecular complexity index is 438. The third-order valence-electron chi connectivity index (χ3n) is 3.03. The van der Waals surface area contributed by atoms with Gasteiger partial charge in [0.05, 0.1) is 5.02 Å². The third kappa shape index (κ3) is 3.53. The normalized spacial score (nSPS) is 15.6. The Kier molecular flexibility index (Phi) is 4.91. The molecule has 0 spiro atoms. The van der Waals surface area contributed by atoms with Gasteiger partial charge >= 0.3 is 0 Å². The molecule has 4 nitrogen and oxygen atoms in total. The highest BCUT2D eigenvalue weighted by Crippen LogP contribution is 2.39. The second-order valence-corrected chi connectivity index (χ2v) is 5.52. The number of fused-ring (bicyclic) bond motifs is 1. The van der Waals surface area contributed by atoms with Crippen LogP contribution in [-0.2, 0) is 0 Å². The molecule has 0 aliphatic carbocycles. The molecule has 3 N–H and O–H groups in total. The van der Waals surface area contributed by atoms with Crippen molar-refractivity contribution in [2.75, 3.05) is 26.3 Å². The summed E-state index contributed by atoms with van der Waals surface area (Å²) in [6.45, 7) is 6.85. The first-order valence-corrected chi connectivity index (χ1v) is 7.02. The van der Waals surface area contributed by atoms with E-state index in [1.54, 1.807) is 0 Å². The molecule has 2 rings (SSSR count). The quantitative estimate of drug-likeness (QED) is 0.871. The van der Waals surface area contributed by atoms with E-state index in [1.165, 1.54) is 0 Å². The minimum absolute atomic E-state index is 0.0794. The van der Waals surface area contributed by atoms with Crippen molar-refractivity contribution in [1.82, 2.24) is 5.32 Å². The van der Waals surface area contributed by atoms with Crippen molar-refractivity contribution >= 4 is 11.6 Å². The number of nitrogens with two attached hydrogens (primary N) is 1. The van der Waals surface area contributed by atoms with Gasteiger partial charge in [-0.2, -0.15) is 0 Å². The fourth-order valence-electron chi connectivity index (χ4n) is 2.05. The molecule has 0 bridgehead atoms. The van der Waals surface area contributed by atoms with Crippen LogP contribution >= 0.6 is 11.6 Å². The number of hydrogen-bond acceptors (Lipinski definition) is 4. The van der Waals surface area contributed by atoms with Crippen LogP contribution in [0.3, 0.4) is 0 Å². The van der Waals surface area contributed by atoms with Crippen molar-refractivity contribution in [3.8, 4) is 11.5 Å². The van der Waals surface area contributed by atoms with E-state index in [9.17, 15) is 0 Å². The summed E-state index contributed by atoms with van der Waals surface area (Å²) in [5.41, 5.74) is 6.88. The fraction of sp³-hybridized carbons (Fsp3) is 0.571. The summed E-state index contributed by atoms with van der Waals surface area (Å²) in [7, 11) is 0. The largest absolute Gasteiger partial charge is 0.486 e. The summed E-state index contributed by atoms with van der Waals surface area (Å²) >= 11 is 6.24. The van der Waals surface area contributed by atoms with Crippen LogP contribution in [0.4, 0.5) is 0 Å². The van der Waals surface area contributed by atoms with Gasteiger partial charge in [-0.15, -0.1) is 0 Å². The van der Waals surface area contributed by atoms with Crippen molar-refractivity contribution in [3.63, 3.8) is 0 Å². The van der Waals surface area contributed by atoms with Gasteiger partial charge in [0.25, 0.3) is 0 Å². The highest BCUT2D eigenvalue weighted by atomic mass is 35.5. The number of rotatable bonds is 5. The molecular weight excluding hydrogens is 264 g/mol.